The zero-order valence-corrected chi connectivity index (χ0v) is 11.3. The van der Waals surface area contributed by atoms with Crippen molar-refractivity contribution in [2.75, 3.05) is 0 Å². The Morgan fingerprint density at radius 1 is 1.19 bits per heavy atom. The van der Waals surface area contributed by atoms with Crippen molar-refractivity contribution in [2.45, 2.75) is 13.8 Å². The van der Waals surface area contributed by atoms with Gasteiger partial charge in [0.15, 0.2) is 0 Å². The van der Waals surface area contributed by atoms with Gasteiger partial charge in [0.1, 0.15) is 0 Å². The predicted molar refractivity (Wildman–Crippen MR) is 62.2 cm³/mol. The average molecular weight is 330 g/mol. The summed E-state index contributed by atoms with van der Waals surface area (Å²) in [5, 5.41) is 0.908. The summed E-state index contributed by atoms with van der Waals surface area (Å²) in [6.07, 6.45) is 0. The molecule has 0 N–H and O–H groups in total. The number of Topliss-reactive ketones (excluding diaryl/α,β-unsaturated/α-hetero) is 1. The van der Waals surface area contributed by atoms with Crippen LogP contribution in [-0.4, -0.2) is 32.2 Å². The van der Waals surface area contributed by atoms with Crippen molar-refractivity contribution in [3.8, 4) is 5.75 Å². The number of carbonyl (C=O) groups is 2. The van der Waals surface area contributed by atoms with Crippen LogP contribution in [0.3, 0.4) is 0 Å². The Hall–Kier alpha value is -1.11. The van der Waals surface area contributed by atoms with Gasteiger partial charge in [-0.15, -0.1) is 0 Å². The molecule has 2 aromatic rings. The second-order valence-electron chi connectivity index (χ2n) is 3.41. The molecule has 0 atom stereocenters. The van der Waals surface area contributed by atoms with Gasteiger partial charge in [0.2, 0.25) is 0 Å². The van der Waals surface area contributed by atoms with Crippen LogP contribution in [0.15, 0.2) is 24.3 Å². The van der Waals surface area contributed by atoms with Crippen molar-refractivity contribution < 1.29 is 14.3 Å². The van der Waals surface area contributed by atoms with E-state index in [0.29, 0.717) is 9.33 Å². The van der Waals surface area contributed by atoms with Crippen LogP contribution in [-0.2, 0) is 4.79 Å². The van der Waals surface area contributed by atoms with Crippen molar-refractivity contribution >= 4 is 41.0 Å². The Labute approximate surface area is 103 Å². The Kier molecular flexibility index (Phi) is 3.13. The quantitative estimate of drug-likeness (QED) is 0.481. The Bertz CT molecular complexity index is 569. The van der Waals surface area contributed by atoms with Gasteiger partial charge in [-0.2, -0.15) is 0 Å². The molecule has 2 rings (SSSR count). The SMILES string of the molecule is CC(=O)Oc1c(C(C)=O)[te]c2ccccc12. The topological polar surface area (TPSA) is 43.4 Å². The number of ketones is 1. The van der Waals surface area contributed by atoms with Crippen LogP contribution in [0.2, 0.25) is 0 Å². The van der Waals surface area contributed by atoms with Crippen LogP contribution in [0.1, 0.15) is 22.2 Å². The minimum atomic E-state index is -0.694. The second-order valence-corrected chi connectivity index (χ2v) is 6.41. The molecule has 0 radical (unpaired) electrons. The van der Waals surface area contributed by atoms with Gasteiger partial charge < -0.3 is 0 Å². The summed E-state index contributed by atoms with van der Waals surface area (Å²) < 4.78 is 7.04. The average Bonchev–Trinajstić information content (AvgIpc) is 2.57. The first-order valence-corrected chi connectivity index (χ1v) is 7.13. The number of ether oxygens (including phenoxy) is 1. The monoisotopic (exact) mass is 332 g/mol. The summed E-state index contributed by atoms with van der Waals surface area (Å²) in [6, 6.07) is 7.72. The third-order valence-corrected chi connectivity index (χ3v) is 5.69. The van der Waals surface area contributed by atoms with Gasteiger partial charge in [0, 0.05) is 0 Å². The third kappa shape index (κ3) is 2.04. The van der Waals surface area contributed by atoms with Crippen molar-refractivity contribution in [1.29, 1.82) is 0 Å². The predicted octanol–water partition coefficient (Wildman–Crippen LogP) is 2.02. The number of carbonyl (C=O) groups excluding carboxylic acids is 2. The maximum atomic E-state index is 11.5. The zero-order valence-electron chi connectivity index (χ0n) is 8.94. The number of hydrogen-bond donors (Lipinski definition) is 0. The van der Waals surface area contributed by atoms with Gasteiger partial charge in [-0.05, 0) is 0 Å². The van der Waals surface area contributed by atoms with E-state index >= 15 is 0 Å². The first-order valence-electron chi connectivity index (χ1n) is 4.80. The molecule has 1 heterocycles. The van der Waals surface area contributed by atoms with E-state index in [2.05, 4.69) is 0 Å². The number of fused-ring (bicyclic) bond motifs is 1. The molecule has 0 bridgehead atoms. The van der Waals surface area contributed by atoms with Crippen LogP contribution in [0.5, 0.6) is 5.75 Å². The van der Waals surface area contributed by atoms with E-state index in [9.17, 15) is 9.59 Å². The number of rotatable bonds is 2. The van der Waals surface area contributed by atoms with E-state index in [0.717, 1.165) is 8.79 Å². The second kappa shape index (κ2) is 4.40. The van der Waals surface area contributed by atoms with Crippen LogP contribution < -0.4 is 4.74 Å². The molecule has 0 saturated heterocycles. The molecule has 16 heavy (non-hydrogen) atoms. The minimum absolute atomic E-state index is 0.00912. The van der Waals surface area contributed by atoms with Gasteiger partial charge >= 0.3 is 103 Å². The first-order chi connectivity index (χ1) is 7.59. The molecule has 0 unspecified atom stereocenters. The number of hydrogen-bond acceptors (Lipinski definition) is 3. The van der Waals surface area contributed by atoms with Gasteiger partial charge in [0.05, 0.1) is 0 Å². The number of esters is 1. The Morgan fingerprint density at radius 3 is 2.50 bits per heavy atom. The molecule has 4 heteroatoms. The molecular weight excluding hydrogens is 320 g/mol. The van der Waals surface area contributed by atoms with E-state index in [-0.39, 0.29) is 11.8 Å². The van der Waals surface area contributed by atoms with Gasteiger partial charge in [0.25, 0.3) is 0 Å². The summed E-state index contributed by atoms with van der Waals surface area (Å²) in [4.78, 5) is 22.5. The fourth-order valence-electron chi connectivity index (χ4n) is 1.50. The summed E-state index contributed by atoms with van der Waals surface area (Å²) in [6.45, 7) is 2.88. The summed E-state index contributed by atoms with van der Waals surface area (Å²) in [5.74, 6) is 0.116. The number of benzene rings is 1. The molecule has 0 aliphatic carbocycles. The molecule has 0 saturated carbocycles. The molecule has 0 amide bonds. The van der Waals surface area contributed by atoms with Crippen LogP contribution >= 0.6 is 0 Å². The van der Waals surface area contributed by atoms with Crippen molar-refractivity contribution in [2.24, 2.45) is 0 Å². The third-order valence-electron chi connectivity index (χ3n) is 2.12. The fraction of sp³-hybridized carbons (Fsp3) is 0.167. The van der Waals surface area contributed by atoms with E-state index in [4.69, 9.17) is 4.74 Å². The molecule has 0 aliphatic rings. The van der Waals surface area contributed by atoms with Crippen molar-refractivity contribution in [3.63, 3.8) is 0 Å². The summed E-state index contributed by atoms with van der Waals surface area (Å²) in [5.41, 5.74) is 0. The maximum absolute atomic E-state index is 11.5. The molecular formula is C12H10O3Te. The molecule has 0 fully saturated rings. The van der Waals surface area contributed by atoms with Crippen LogP contribution in [0.4, 0.5) is 0 Å². The normalized spacial score (nSPS) is 10.4. The van der Waals surface area contributed by atoms with Crippen molar-refractivity contribution in [3.05, 3.63) is 27.8 Å². The first kappa shape index (κ1) is 11.4. The van der Waals surface area contributed by atoms with Crippen LogP contribution in [0.25, 0.3) is 8.79 Å². The van der Waals surface area contributed by atoms with E-state index in [1.165, 1.54) is 13.8 Å². The van der Waals surface area contributed by atoms with E-state index < -0.39 is 20.4 Å². The fourth-order valence-corrected chi connectivity index (χ4v) is 4.42. The Morgan fingerprint density at radius 2 is 1.88 bits per heavy atom. The van der Waals surface area contributed by atoms with Gasteiger partial charge in [-0.25, -0.2) is 0 Å². The van der Waals surface area contributed by atoms with Gasteiger partial charge in [-0.3, -0.25) is 0 Å². The zero-order chi connectivity index (χ0) is 11.7. The molecule has 3 nitrogen and oxygen atoms in total. The van der Waals surface area contributed by atoms with Crippen LogP contribution in [0, 0.1) is 0 Å². The molecule has 0 aliphatic heterocycles. The van der Waals surface area contributed by atoms with Crippen molar-refractivity contribution in [1.82, 2.24) is 0 Å². The van der Waals surface area contributed by atoms with E-state index in [1.54, 1.807) is 0 Å². The summed E-state index contributed by atoms with van der Waals surface area (Å²) in [7, 11) is 0. The Balaban J connectivity index is 2.69. The molecule has 0 spiro atoms. The van der Waals surface area contributed by atoms with E-state index in [1.807, 2.05) is 24.3 Å². The van der Waals surface area contributed by atoms with Gasteiger partial charge in [-0.1, -0.05) is 0 Å². The molecule has 1 aromatic carbocycles. The molecule has 1 aromatic heterocycles. The summed E-state index contributed by atoms with van der Waals surface area (Å²) >= 11 is -0.694. The standard InChI is InChI=1S/C12H10O3Te/c1-7(13)12-11(15-8(2)14)9-5-3-4-6-10(9)16-12/h3-6H,1-2H3. The molecule has 82 valence electrons.